The van der Waals surface area contributed by atoms with Crippen LogP contribution in [0.4, 0.5) is 14.7 Å². The molecule has 0 saturated carbocycles. The number of aromatic nitrogens is 2. The molecule has 0 bridgehead atoms. The van der Waals surface area contributed by atoms with Crippen molar-refractivity contribution >= 4 is 5.95 Å². The van der Waals surface area contributed by atoms with Crippen molar-refractivity contribution in [3.63, 3.8) is 0 Å². The van der Waals surface area contributed by atoms with Gasteiger partial charge in [-0.3, -0.25) is 0 Å². The van der Waals surface area contributed by atoms with E-state index in [4.69, 9.17) is 0 Å². The first-order valence-electron chi connectivity index (χ1n) is 6.60. The molecule has 0 fully saturated rings. The lowest BCUT2D eigenvalue weighted by atomic mass is 10.0. The van der Waals surface area contributed by atoms with Crippen molar-refractivity contribution in [3.05, 3.63) is 53.7 Å². The minimum Gasteiger partial charge on any atom is -0.351 e. The highest BCUT2D eigenvalue weighted by Gasteiger charge is 2.14. The Labute approximate surface area is 122 Å². The second-order valence-corrected chi connectivity index (χ2v) is 4.77. The molecule has 2 rings (SSSR count). The normalized spacial score (nSPS) is 10.7. The minimum atomic E-state index is -2.64. The zero-order valence-corrected chi connectivity index (χ0v) is 12.0. The lowest BCUT2D eigenvalue weighted by molar-refractivity contribution is 0.146. The highest BCUT2D eigenvalue weighted by atomic mass is 19.3. The van der Waals surface area contributed by atoms with Crippen molar-refractivity contribution in [2.24, 2.45) is 0 Å². The molecule has 0 atom stereocenters. The Morgan fingerprint density at radius 2 is 1.95 bits per heavy atom. The average Bonchev–Trinajstić information content (AvgIpc) is 2.47. The van der Waals surface area contributed by atoms with Crippen molar-refractivity contribution in [2.45, 2.75) is 20.3 Å². The smallest absolute Gasteiger partial charge is 0.280 e. The number of nitrogens with one attached hydrogen (secondary N) is 1. The molecule has 0 aliphatic rings. The number of aryl methyl sites for hydroxylation is 2. The number of hydrogen-bond acceptors (Lipinski definition) is 3. The van der Waals surface area contributed by atoms with Crippen molar-refractivity contribution in [1.82, 2.24) is 9.97 Å². The molecule has 0 saturated heterocycles. The van der Waals surface area contributed by atoms with Gasteiger partial charge in [-0.25, -0.2) is 18.7 Å². The molecule has 5 heteroatoms. The van der Waals surface area contributed by atoms with E-state index in [1.807, 2.05) is 32.0 Å². The third-order valence-corrected chi connectivity index (χ3v) is 3.18. The fourth-order valence-electron chi connectivity index (χ4n) is 1.87. The molecule has 21 heavy (non-hydrogen) atoms. The SMILES string of the molecule is C=CCNc1nc(-c2ccc(C)c(C)c2)cc(C(F)F)n1. The second-order valence-electron chi connectivity index (χ2n) is 4.77. The van der Waals surface area contributed by atoms with Gasteiger partial charge in [-0.1, -0.05) is 18.2 Å². The molecule has 0 unspecified atom stereocenters. The van der Waals surface area contributed by atoms with Gasteiger partial charge in [0.2, 0.25) is 5.95 Å². The van der Waals surface area contributed by atoms with E-state index >= 15 is 0 Å². The number of alkyl halides is 2. The van der Waals surface area contributed by atoms with E-state index < -0.39 is 6.43 Å². The summed E-state index contributed by atoms with van der Waals surface area (Å²) in [6.07, 6.45) is -1.02. The maximum atomic E-state index is 13.0. The molecule has 1 heterocycles. The molecule has 1 N–H and O–H groups in total. The summed E-state index contributed by atoms with van der Waals surface area (Å²) >= 11 is 0. The summed E-state index contributed by atoms with van der Waals surface area (Å²) in [6, 6.07) is 7.08. The van der Waals surface area contributed by atoms with Crippen molar-refractivity contribution in [2.75, 3.05) is 11.9 Å². The van der Waals surface area contributed by atoms with Crippen LogP contribution >= 0.6 is 0 Å². The summed E-state index contributed by atoms with van der Waals surface area (Å²) in [5, 5.41) is 2.85. The van der Waals surface area contributed by atoms with E-state index in [0.29, 0.717) is 12.2 Å². The summed E-state index contributed by atoms with van der Waals surface area (Å²) < 4.78 is 25.9. The van der Waals surface area contributed by atoms with Crippen LogP contribution in [0, 0.1) is 13.8 Å². The fourth-order valence-corrected chi connectivity index (χ4v) is 1.87. The molecule has 110 valence electrons. The van der Waals surface area contributed by atoms with E-state index in [9.17, 15) is 8.78 Å². The minimum absolute atomic E-state index is 0.181. The zero-order chi connectivity index (χ0) is 15.4. The lowest BCUT2D eigenvalue weighted by Crippen LogP contribution is -2.06. The molecule has 1 aromatic heterocycles. The Kier molecular flexibility index (Phi) is 4.62. The summed E-state index contributed by atoms with van der Waals surface area (Å²) in [5.41, 5.74) is 3.22. The van der Waals surface area contributed by atoms with Crippen LogP contribution in [0.15, 0.2) is 36.9 Å². The molecule has 2 aromatic rings. The van der Waals surface area contributed by atoms with Gasteiger partial charge in [0.05, 0.1) is 5.69 Å². The van der Waals surface area contributed by atoms with Crippen molar-refractivity contribution < 1.29 is 8.78 Å². The largest absolute Gasteiger partial charge is 0.351 e. The van der Waals surface area contributed by atoms with Crippen LogP contribution < -0.4 is 5.32 Å². The van der Waals surface area contributed by atoms with Gasteiger partial charge in [0.1, 0.15) is 5.69 Å². The number of benzene rings is 1. The van der Waals surface area contributed by atoms with Gasteiger partial charge < -0.3 is 5.32 Å². The van der Waals surface area contributed by atoms with E-state index in [1.165, 1.54) is 6.07 Å². The van der Waals surface area contributed by atoms with E-state index in [0.717, 1.165) is 16.7 Å². The fraction of sp³-hybridized carbons (Fsp3) is 0.250. The third kappa shape index (κ3) is 3.62. The quantitative estimate of drug-likeness (QED) is 0.834. The van der Waals surface area contributed by atoms with Crippen molar-refractivity contribution in [1.29, 1.82) is 0 Å². The Morgan fingerprint density at radius 3 is 2.57 bits per heavy atom. The number of anilines is 1. The van der Waals surface area contributed by atoms with Crippen LogP contribution in [0.5, 0.6) is 0 Å². The number of nitrogens with zero attached hydrogens (tertiary/aromatic N) is 2. The van der Waals surface area contributed by atoms with Gasteiger partial charge in [0.25, 0.3) is 6.43 Å². The molecule has 0 spiro atoms. The second kappa shape index (κ2) is 6.43. The van der Waals surface area contributed by atoms with E-state index in [2.05, 4.69) is 21.9 Å². The van der Waals surface area contributed by atoms with Gasteiger partial charge in [0.15, 0.2) is 0 Å². The van der Waals surface area contributed by atoms with Crippen molar-refractivity contribution in [3.8, 4) is 11.3 Å². The van der Waals surface area contributed by atoms with Gasteiger partial charge in [-0.05, 0) is 37.1 Å². The maximum Gasteiger partial charge on any atom is 0.280 e. The first-order chi connectivity index (χ1) is 10.0. The highest BCUT2D eigenvalue weighted by molar-refractivity contribution is 5.62. The van der Waals surface area contributed by atoms with Gasteiger partial charge in [0, 0.05) is 12.1 Å². The Hall–Kier alpha value is -2.30. The summed E-state index contributed by atoms with van der Waals surface area (Å²) in [6.45, 7) is 7.96. The van der Waals surface area contributed by atoms with Crippen LogP contribution in [0.2, 0.25) is 0 Å². The van der Waals surface area contributed by atoms with Gasteiger partial charge in [-0.15, -0.1) is 6.58 Å². The van der Waals surface area contributed by atoms with Crippen LogP contribution in [0.3, 0.4) is 0 Å². The summed E-state index contributed by atoms with van der Waals surface area (Å²) in [7, 11) is 0. The summed E-state index contributed by atoms with van der Waals surface area (Å²) in [5.74, 6) is 0.181. The molecule has 0 aliphatic carbocycles. The first kappa shape index (κ1) is 15.1. The average molecular weight is 289 g/mol. The molecule has 0 radical (unpaired) electrons. The highest BCUT2D eigenvalue weighted by Crippen LogP contribution is 2.26. The van der Waals surface area contributed by atoms with E-state index in [-0.39, 0.29) is 11.6 Å². The van der Waals surface area contributed by atoms with Gasteiger partial charge >= 0.3 is 0 Å². The number of rotatable bonds is 5. The third-order valence-electron chi connectivity index (χ3n) is 3.18. The predicted molar refractivity (Wildman–Crippen MR) is 80.6 cm³/mol. The van der Waals surface area contributed by atoms with Crippen LogP contribution in [0.1, 0.15) is 23.2 Å². The van der Waals surface area contributed by atoms with Crippen LogP contribution in [0.25, 0.3) is 11.3 Å². The van der Waals surface area contributed by atoms with Gasteiger partial charge in [-0.2, -0.15) is 0 Å². The molecular weight excluding hydrogens is 272 g/mol. The molecule has 0 amide bonds. The van der Waals surface area contributed by atoms with E-state index in [1.54, 1.807) is 6.08 Å². The maximum absolute atomic E-state index is 13.0. The monoisotopic (exact) mass is 289 g/mol. The van der Waals surface area contributed by atoms with Crippen LogP contribution in [-0.4, -0.2) is 16.5 Å². The topological polar surface area (TPSA) is 37.8 Å². The first-order valence-corrected chi connectivity index (χ1v) is 6.60. The number of halogens is 2. The Balaban J connectivity index is 2.47. The zero-order valence-electron chi connectivity index (χ0n) is 12.0. The predicted octanol–water partition coefficient (Wildman–Crippen LogP) is 4.30. The lowest BCUT2D eigenvalue weighted by Gasteiger charge is -2.10. The Morgan fingerprint density at radius 1 is 1.19 bits per heavy atom. The molecule has 1 aromatic carbocycles. The molecule has 3 nitrogen and oxygen atoms in total. The summed E-state index contributed by atoms with van der Waals surface area (Å²) in [4.78, 5) is 8.11. The Bertz CT molecular complexity index is 654. The standard InChI is InChI=1S/C16H17F2N3/c1-4-7-19-16-20-13(9-14(21-16)15(17)18)12-6-5-10(2)11(3)8-12/h4-6,8-9,15H,1,7H2,2-3H3,(H,19,20,21). The molecule has 0 aliphatic heterocycles. The van der Waals surface area contributed by atoms with Crippen LogP contribution in [-0.2, 0) is 0 Å². The molecular formula is C16H17F2N3. The number of hydrogen-bond donors (Lipinski definition) is 1.